The molecule has 0 spiro atoms. The average molecular weight is 430 g/mol. The Kier molecular flexibility index (Phi) is 5.58. The Hall–Kier alpha value is -3.67. The number of hydrogen-bond acceptors (Lipinski definition) is 1. The van der Waals surface area contributed by atoms with Crippen LogP contribution >= 0.6 is 7.14 Å². The van der Waals surface area contributed by atoms with E-state index in [-0.39, 0.29) is 0 Å². The first kappa shape index (κ1) is 20.2. The molecule has 0 unspecified atom stereocenters. The maximum Gasteiger partial charge on any atom is 0.171 e. The number of hydrogen-bond donors (Lipinski definition) is 0. The fourth-order valence-corrected chi connectivity index (χ4v) is 6.72. The van der Waals surface area contributed by atoms with Crippen molar-refractivity contribution < 1.29 is 4.57 Å². The van der Waals surface area contributed by atoms with Gasteiger partial charge in [0.2, 0.25) is 0 Å². The third kappa shape index (κ3) is 3.84. The Morgan fingerprint density at radius 1 is 0.312 bits per heavy atom. The lowest BCUT2D eigenvalue weighted by Gasteiger charge is -2.20. The van der Waals surface area contributed by atoms with E-state index in [1.807, 2.05) is 78.9 Å². The van der Waals surface area contributed by atoms with Crippen molar-refractivity contribution in [1.29, 1.82) is 0 Å². The van der Waals surface area contributed by atoms with Crippen LogP contribution in [0.25, 0.3) is 22.3 Å². The van der Waals surface area contributed by atoms with Crippen molar-refractivity contribution in [3.63, 3.8) is 0 Å². The zero-order valence-corrected chi connectivity index (χ0v) is 18.5. The van der Waals surface area contributed by atoms with Crippen LogP contribution < -0.4 is 15.9 Å². The van der Waals surface area contributed by atoms with Crippen LogP contribution in [0.1, 0.15) is 0 Å². The fraction of sp³-hybridized carbons (Fsp3) is 0. The molecule has 0 heterocycles. The van der Waals surface area contributed by atoms with Gasteiger partial charge in [0, 0.05) is 15.9 Å². The Balaban J connectivity index is 1.51. The summed E-state index contributed by atoms with van der Waals surface area (Å²) < 4.78 is 14.5. The van der Waals surface area contributed by atoms with Gasteiger partial charge in [0.25, 0.3) is 0 Å². The summed E-state index contributed by atoms with van der Waals surface area (Å²) in [6.45, 7) is 0. The van der Waals surface area contributed by atoms with Gasteiger partial charge < -0.3 is 4.57 Å². The van der Waals surface area contributed by atoms with Crippen LogP contribution in [-0.2, 0) is 4.57 Å². The van der Waals surface area contributed by atoms with Gasteiger partial charge in [-0.15, -0.1) is 0 Å². The molecule has 1 nitrogen and oxygen atoms in total. The summed E-state index contributed by atoms with van der Waals surface area (Å²) in [6, 6.07) is 46.7. The van der Waals surface area contributed by atoms with Gasteiger partial charge in [0.15, 0.2) is 7.14 Å². The maximum atomic E-state index is 14.5. The van der Waals surface area contributed by atoms with E-state index in [1.54, 1.807) is 0 Å². The molecule has 0 amide bonds. The van der Waals surface area contributed by atoms with E-state index < -0.39 is 7.14 Å². The molecule has 0 aliphatic heterocycles. The normalized spacial score (nSPS) is 11.2. The zero-order chi connectivity index (χ0) is 21.8. The Morgan fingerprint density at radius 3 is 1.00 bits per heavy atom. The second-order valence-electron chi connectivity index (χ2n) is 7.77. The Labute approximate surface area is 189 Å². The Morgan fingerprint density at radius 2 is 0.594 bits per heavy atom. The van der Waals surface area contributed by atoms with Crippen LogP contribution in [-0.4, -0.2) is 0 Å². The van der Waals surface area contributed by atoms with Crippen LogP contribution in [0.2, 0.25) is 0 Å². The van der Waals surface area contributed by atoms with Crippen LogP contribution in [0.3, 0.4) is 0 Å². The summed E-state index contributed by atoms with van der Waals surface area (Å²) in [5, 5.41) is 2.55. The van der Waals surface area contributed by atoms with Crippen molar-refractivity contribution in [2.24, 2.45) is 0 Å². The van der Waals surface area contributed by atoms with E-state index in [4.69, 9.17) is 0 Å². The molecular weight excluding hydrogens is 407 g/mol. The topological polar surface area (TPSA) is 17.1 Å². The zero-order valence-electron chi connectivity index (χ0n) is 17.6. The first-order valence-electron chi connectivity index (χ1n) is 10.7. The van der Waals surface area contributed by atoms with Crippen molar-refractivity contribution in [3.8, 4) is 22.3 Å². The second-order valence-corrected chi connectivity index (χ2v) is 10.5. The van der Waals surface area contributed by atoms with E-state index in [0.717, 1.165) is 27.0 Å². The lowest BCUT2D eigenvalue weighted by atomic mass is 10.0. The minimum absolute atomic E-state index is 0.847. The predicted octanol–water partition coefficient (Wildman–Crippen LogP) is 6.66. The SMILES string of the molecule is O=P(c1ccccc1)(c1ccccc1)c1ccc(-c2ccc(-c3ccccc3)cc2)cc1. The van der Waals surface area contributed by atoms with E-state index in [0.29, 0.717) is 0 Å². The lowest BCUT2D eigenvalue weighted by molar-refractivity contribution is 0.592. The summed E-state index contributed by atoms with van der Waals surface area (Å²) in [4.78, 5) is 0. The minimum atomic E-state index is -2.94. The molecule has 0 saturated heterocycles. The van der Waals surface area contributed by atoms with Crippen molar-refractivity contribution in [2.75, 3.05) is 0 Å². The molecule has 5 aromatic carbocycles. The second kappa shape index (κ2) is 8.83. The summed E-state index contributed by atoms with van der Waals surface area (Å²) >= 11 is 0. The number of benzene rings is 5. The van der Waals surface area contributed by atoms with E-state index in [2.05, 4.69) is 60.7 Å². The third-order valence-corrected chi connectivity index (χ3v) is 8.87. The average Bonchev–Trinajstić information content (AvgIpc) is 2.90. The molecule has 5 rings (SSSR count). The van der Waals surface area contributed by atoms with Crippen LogP contribution in [0.15, 0.2) is 140 Å². The fourth-order valence-electron chi connectivity index (χ4n) is 4.07. The first-order valence-corrected chi connectivity index (χ1v) is 12.4. The van der Waals surface area contributed by atoms with Crippen LogP contribution in [0.5, 0.6) is 0 Å². The molecule has 0 fully saturated rings. The van der Waals surface area contributed by atoms with Crippen molar-refractivity contribution in [2.45, 2.75) is 0 Å². The molecule has 32 heavy (non-hydrogen) atoms. The molecular formula is C30H23OP. The minimum Gasteiger partial charge on any atom is -0.309 e. The van der Waals surface area contributed by atoms with Crippen LogP contribution in [0, 0.1) is 0 Å². The highest BCUT2D eigenvalue weighted by molar-refractivity contribution is 7.85. The monoisotopic (exact) mass is 430 g/mol. The largest absolute Gasteiger partial charge is 0.309 e. The van der Waals surface area contributed by atoms with Gasteiger partial charge in [0.05, 0.1) is 0 Å². The molecule has 0 aromatic heterocycles. The highest BCUT2D eigenvalue weighted by atomic mass is 31.2. The lowest BCUT2D eigenvalue weighted by Crippen LogP contribution is -2.24. The molecule has 0 radical (unpaired) electrons. The molecule has 154 valence electrons. The van der Waals surface area contributed by atoms with Crippen molar-refractivity contribution in [3.05, 3.63) is 140 Å². The number of rotatable bonds is 5. The molecule has 2 heteroatoms. The van der Waals surface area contributed by atoms with Gasteiger partial charge in [-0.25, -0.2) is 0 Å². The highest BCUT2D eigenvalue weighted by Crippen LogP contribution is 2.42. The standard InChI is InChI=1S/C30H23OP/c31-32(28-12-6-2-7-13-28,29-14-8-3-9-15-29)30-22-20-27(21-23-30)26-18-16-25(17-19-26)24-10-4-1-5-11-24/h1-23H. The Bertz CT molecular complexity index is 1300. The van der Waals surface area contributed by atoms with Gasteiger partial charge in [-0.05, 0) is 22.3 Å². The molecule has 0 N–H and O–H groups in total. The van der Waals surface area contributed by atoms with Crippen LogP contribution in [0.4, 0.5) is 0 Å². The summed E-state index contributed by atoms with van der Waals surface area (Å²) in [6.07, 6.45) is 0. The van der Waals surface area contributed by atoms with E-state index in [1.165, 1.54) is 11.1 Å². The summed E-state index contributed by atoms with van der Waals surface area (Å²) in [7, 11) is -2.94. The quantitative estimate of drug-likeness (QED) is 0.285. The molecule has 0 aliphatic rings. The van der Waals surface area contributed by atoms with Crippen molar-refractivity contribution in [1.82, 2.24) is 0 Å². The molecule has 0 aliphatic carbocycles. The van der Waals surface area contributed by atoms with E-state index in [9.17, 15) is 4.57 Å². The van der Waals surface area contributed by atoms with Gasteiger partial charge in [0.1, 0.15) is 0 Å². The predicted molar refractivity (Wildman–Crippen MR) is 137 cm³/mol. The first-order chi connectivity index (χ1) is 15.7. The van der Waals surface area contributed by atoms with Gasteiger partial charge >= 0.3 is 0 Å². The summed E-state index contributed by atoms with van der Waals surface area (Å²) in [5.74, 6) is 0. The summed E-state index contributed by atoms with van der Waals surface area (Å²) in [5.41, 5.74) is 4.66. The molecule has 5 aromatic rings. The molecule has 0 bridgehead atoms. The van der Waals surface area contributed by atoms with Crippen molar-refractivity contribution >= 4 is 23.1 Å². The molecule has 0 saturated carbocycles. The maximum absolute atomic E-state index is 14.5. The smallest absolute Gasteiger partial charge is 0.171 e. The highest BCUT2D eigenvalue weighted by Gasteiger charge is 2.29. The van der Waals surface area contributed by atoms with Gasteiger partial charge in [-0.1, -0.05) is 140 Å². The van der Waals surface area contributed by atoms with E-state index >= 15 is 0 Å². The third-order valence-electron chi connectivity index (χ3n) is 5.80. The van der Waals surface area contributed by atoms with Gasteiger partial charge in [-0.3, -0.25) is 0 Å². The van der Waals surface area contributed by atoms with Gasteiger partial charge in [-0.2, -0.15) is 0 Å². The molecule has 0 atom stereocenters.